The van der Waals surface area contributed by atoms with E-state index in [-0.39, 0.29) is 23.6 Å². The summed E-state index contributed by atoms with van der Waals surface area (Å²) in [4.78, 5) is 19.8. The summed E-state index contributed by atoms with van der Waals surface area (Å²) in [6.45, 7) is 2.64. The number of amides is 2. The van der Waals surface area contributed by atoms with Crippen LogP contribution in [0.25, 0.3) is 0 Å². The smallest absolute Gasteiger partial charge is 0.319 e. The number of nitrogens with zero attached hydrogens (tertiary/aromatic N) is 2. The number of aromatic nitrogens is 1. The van der Waals surface area contributed by atoms with Crippen molar-refractivity contribution in [3.8, 4) is 5.75 Å². The summed E-state index contributed by atoms with van der Waals surface area (Å²) in [6.07, 6.45) is 6.02. The molecule has 2 aliphatic rings. The highest BCUT2D eigenvalue weighted by Gasteiger charge is 2.41. The molecule has 0 radical (unpaired) electrons. The van der Waals surface area contributed by atoms with Gasteiger partial charge in [0.1, 0.15) is 5.75 Å². The molecule has 1 aromatic carbocycles. The van der Waals surface area contributed by atoms with Crippen LogP contribution in [0, 0.1) is 0 Å². The maximum atomic E-state index is 12.7. The molecule has 2 aromatic rings. The van der Waals surface area contributed by atoms with Crippen molar-refractivity contribution < 1.29 is 14.3 Å². The summed E-state index contributed by atoms with van der Waals surface area (Å²) < 4.78 is 11.1. The molecule has 2 amide bonds. The van der Waals surface area contributed by atoms with Crippen LogP contribution >= 0.6 is 11.6 Å². The summed E-state index contributed by atoms with van der Waals surface area (Å²) in [5, 5.41) is 6.71. The number of halogens is 1. The highest BCUT2D eigenvalue weighted by Crippen LogP contribution is 2.37. The zero-order valence-corrected chi connectivity index (χ0v) is 19.4. The molecule has 1 saturated heterocycles. The van der Waals surface area contributed by atoms with Gasteiger partial charge in [-0.05, 0) is 62.1 Å². The number of likely N-dealkylation sites (tertiary alicyclic amines) is 1. The van der Waals surface area contributed by atoms with Crippen molar-refractivity contribution in [1.29, 1.82) is 0 Å². The number of hydrogen-bond donors (Lipinski definition) is 2. The Labute approximate surface area is 194 Å². The van der Waals surface area contributed by atoms with Gasteiger partial charge in [0.15, 0.2) is 0 Å². The number of benzene rings is 1. The van der Waals surface area contributed by atoms with E-state index in [0.29, 0.717) is 10.7 Å². The van der Waals surface area contributed by atoms with E-state index in [1.54, 1.807) is 37.6 Å². The van der Waals surface area contributed by atoms with Crippen LogP contribution < -0.4 is 15.4 Å². The van der Waals surface area contributed by atoms with Crippen LogP contribution in [0.5, 0.6) is 5.75 Å². The Bertz CT molecular complexity index is 897. The Morgan fingerprint density at radius 3 is 2.59 bits per heavy atom. The number of nitrogens with one attached hydrogen (secondary N) is 2. The van der Waals surface area contributed by atoms with Gasteiger partial charge in [0.25, 0.3) is 0 Å². The van der Waals surface area contributed by atoms with Gasteiger partial charge in [0, 0.05) is 55.1 Å². The van der Waals surface area contributed by atoms with E-state index in [9.17, 15) is 4.79 Å². The Morgan fingerprint density at radius 1 is 1.22 bits per heavy atom. The molecular weight excluding hydrogens is 428 g/mol. The van der Waals surface area contributed by atoms with Gasteiger partial charge in [-0.15, -0.1) is 0 Å². The van der Waals surface area contributed by atoms with Crippen LogP contribution in [0.2, 0.25) is 5.02 Å². The van der Waals surface area contributed by atoms with Crippen LogP contribution in [-0.2, 0) is 4.74 Å². The quantitative estimate of drug-likeness (QED) is 0.647. The lowest BCUT2D eigenvalue weighted by Crippen LogP contribution is -2.56. The van der Waals surface area contributed by atoms with Crippen molar-refractivity contribution in [3.05, 3.63) is 53.3 Å². The number of pyridine rings is 1. The van der Waals surface area contributed by atoms with Crippen LogP contribution in [0.15, 0.2) is 42.6 Å². The van der Waals surface area contributed by atoms with Crippen molar-refractivity contribution in [2.24, 2.45) is 0 Å². The molecule has 32 heavy (non-hydrogen) atoms. The van der Waals surface area contributed by atoms with Gasteiger partial charge in [-0.2, -0.15) is 0 Å². The van der Waals surface area contributed by atoms with E-state index in [4.69, 9.17) is 21.1 Å². The van der Waals surface area contributed by atoms with Crippen LogP contribution in [0.3, 0.4) is 0 Å². The molecule has 1 aliphatic heterocycles. The number of rotatable bonds is 7. The van der Waals surface area contributed by atoms with E-state index in [0.717, 1.165) is 50.3 Å². The lowest BCUT2D eigenvalue weighted by Gasteiger charge is -2.47. The van der Waals surface area contributed by atoms with E-state index in [1.807, 2.05) is 19.2 Å². The number of anilines is 1. The summed E-state index contributed by atoms with van der Waals surface area (Å²) in [5.74, 6) is 0.791. The van der Waals surface area contributed by atoms with Gasteiger partial charge < -0.3 is 20.1 Å². The summed E-state index contributed by atoms with van der Waals surface area (Å²) in [6, 6.07) is 10.8. The van der Waals surface area contributed by atoms with E-state index < -0.39 is 0 Å². The fourth-order valence-corrected chi connectivity index (χ4v) is 4.77. The molecule has 2 N–H and O–H groups in total. The number of carbonyl (C=O) groups is 1. The molecule has 1 aromatic heterocycles. The second kappa shape index (κ2) is 10.1. The molecule has 1 saturated carbocycles. The second-order valence-corrected chi connectivity index (χ2v) is 9.14. The highest BCUT2D eigenvalue weighted by atomic mass is 35.5. The lowest BCUT2D eigenvalue weighted by molar-refractivity contribution is -0.0951. The van der Waals surface area contributed by atoms with Crippen LogP contribution in [-0.4, -0.2) is 61.4 Å². The first kappa shape index (κ1) is 22.8. The molecule has 2 heterocycles. The summed E-state index contributed by atoms with van der Waals surface area (Å²) in [5.41, 5.74) is 1.63. The number of hydrogen-bond acceptors (Lipinski definition) is 5. The molecule has 7 nitrogen and oxygen atoms in total. The molecule has 1 aliphatic carbocycles. The third kappa shape index (κ3) is 5.34. The average molecular weight is 459 g/mol. The fourth-order valence-electron chi connectivity index (χ4n) is 4.64. The average Bonchev–Trinajstić information content (AvgIpc) is 2.79. The van der Waals surface area contributed by atoms with Gasteiger partial charge >= 0.3 is 6.03 Å². The fraction of sp³-hybridized carbons (Fsp3) is 0.500. The predicted molar refractivity (Wildman–Crippen MR) is 126 cm³/mol. The first-order valence-corrected chi connectivity index (χ1v) is 11.5. The molecular formula is C24H31ClN4O3. The van der Waals surface area contributed by atoms with Crippen molar-refractivity contribution in [3.63, 3.8) is 0 Å². The SMILES string of the molecule is COc1ccc([C@@H]2CN(CC3(OC)CCC3)CC[C@H]2NC(=O)Nc2ccc(Cl)cc2)nc1. The van der Waals surface area contributed by atoms with E-state index in [2.05, 4.69) is 20.5 Å². The van der Waals surface area contributed by atoms with E-state index in [1.165, 1.54) is 6.42 Å². The molecule has 8 heteroatoms. The Kier molecular flexibility index (Phi) is 7.18. The molecule has 2 fully saturated rings. The van der Waals surface area contributed by atoms with Gasteiger partial charge in [-0.25, -0.2) is 4.79 Å². The summed E-state index contributed by atoms with van der Waals surface area (Å²) in [7, 11) is 3.45. The molecule has 0 unspecified atom stereocenters. The Hall–Kier alpha value is -2.35. The molecule has 172 valence electrons. The van der Waals surface area contributed by atoms with Crippen molar-refractivity contribution in [2.45, 2.75) is 43.2 Å². The molecule has 0 bridgehead atoms. The third-order valence-corrected chi connectivity index (χ3v) is 6.95. The number of methoxy groups -OCH3 is 2. The number of urea groups is 1. The maximum Gasteiger partial charge on any atom is 0.319 e. The Balaban J connectivity index is 1.46. The predicted octanol–water partition coefficient (Wildman–Crippen LogP) is 4.29. The molecule has 2 atom stereocenters. The number of ether oxygens (including phenoxy) is 2. The normalized spacial score (nSPS) is 22.6. The highest BCUT2D eigenvalue weighted by molar-refractivity contribution is 6.30. The van der Waals surface area contributed by atoms with Crippen molar-refractivity contribution in [2.75, 3.05) is 39.2 Å². The minimum absolute atomic E-state index is 0.0237. The minimum Gasteiger partial charge on any atom is -0.495 e. The number of carbonyl (C=O) groups excluding carboxylic acids is 1. The standard InChI is InChI=1S/C24H31ClN4O3/c1-31-19-8-9-21(26-14-19)20-15-29(16-24(32-2)11-3-12-24)13-10-22(20)28-23(30)27-18-6-4-17(25)5-7-18/h4-9,14,20,22H,3,10-13,15-16H2,1-2H3,(H2,27,28,30)/t20-,22+/m0/s1. The largest absolute Gasteiger partial charge is 0.495 e. The zero-order chi connectivity index (χ0) is 22.6. The summed E-state index contributed by atoms with van der Waals surface area (Å²) >= 11 is 5.94. The first-order chi connectivity index (χ1) is 15.5. The van der Waals surface area contributed by atoms with Gasteiger partial charge in [0.05, 0.1) is 18.9 Å². The van der Waals surface area contributed by atoms with E-state index >= 15 is 0 Å². The molecule has 4 rings (SSSR count). The topological polar surface area (TPSA) is 75.7 Å². The van der Waals surface area contributed by atoms with Gasteiger partial charge in [-0.1, -0.05) is 11.6 Å². The van der Waals surface area contributed by atoms with Crippen molar-refractivity contribution in [1.82, 2.24) is 15.2 Å². The third-order valence-electron chi connectivity index (χ3n) is 6.70. The first-order valence-electron chi connectivity index (χ1n) is 11.1. The van der Waals surface area contributed by atoms with Crippen LogP contribution in [0.4, 0.5) is 10.5 Å². The molecule has 0 spiro atoms. The monoisotopic (exact) mass is 458 g/mol. The van der Waals surface area contributed by atoms with Gasteiger partial charge in [0.2, 0.25) is 0 Å². The van der Waals surface area contributed by atoms with Crippen molar-refractivity contribution >= 4 is 23.3 Å². The van der Waals surface area contributed by atoms with Gasteiger partial charge in [-0.3, -0.25) is 9.88 Å². The Morgan fingerprint density at radius 2 is 2.00 bits per heavy atom. The maximum absolute atomic E-state index is 12.7. The lowest BCUT2D eigenvalue weighted by atomic mass is 9.78. The minimum atomic E-state index is -0.225. The zero-order valence-electron chi connectivity index (χ0n) is 18.6. The number of piperidine rings is 1. The second-order valence-electron chi connectivity index (χ2n) is 8.71. The van der Waals surface area contributed by atoms with Crippen LogP contribution in [0.1, 0.15) is 37.3 Å².